The highest BCUT2D eigenvalue weighted by Gasteiger charge is 2.34. The Morgan fingerprint density at radius 2 is 1.76 bits per heavy atom. The lowest BCUT2D eigenvalue weighted by molar-refractivity contribution is 0.0513. The van der Waals surface area contributed by atoms with E-state index in [9.17, 15) is 4.39 Å². The molecule has 1 aliphatic rings. The summed E-state index contributed by atoms with van der Waals surface area (Å²) in [5.74, 6) is 0.603. The zero-order valence-corrected chi connectivity index (χ0v) is 19.5. The summed E-state index contributed by atoms with van der Waals surface area (Å²) in [7, 11) is 0. The van der Waals surface area contributed by atoms with E-state index in [4.69, 9.17) is 9.73 Å². The molecule has 0 amide bonds. The van der Waals surface area contributed by atoms with Crippen LogP contribution in [0.2, 0.25) is 0 Å². The summed E-state index contributed by atoms with van der Waals surface area (Å²) in [6, 6.07) is 15.2. The maximum Gasteiger partial charge on any atom is 0.191 e. The fourth-order valence-corrected chi connectivity index (χ4v) is 3.68. The summed E-state index contributed by atoms with van der Waals surface area (Å²) >= 11 is 0. The number of ether oxygens (including phenoxy) is 1. The average molecular weight is 511 g/mol. The fraction of sp³-hybridized carbons (Fsp3) is 0.435. The van der Waals surface area contributed by atoms with Crippen LogP contribution in [0.1, 0.15) is 36.5 Å². The van der Waals surface area contributed by atoms with Crippen LogP contribution in [0.15, 0.2) is 53.5 Å². The summed E-state index contributed by atoms with van der Waals surface area (Å²) in [4.78, 5) is 4.77. The first-order chi connectivity index (χ1) is 13.6. The fourth-order valence-electron chi connectivity index (χ4n) is 3.68. The third-order valence-electron chi connectivity index (χ3n) is 5.51. The normalized spacial score (nSPS) is 16.0. The molecule has 6 heteroatoms. The maximum absolute atomic E-state index is 13.4. The molecule has 0 aliphatic carbocycles. The first-order valence-electron chi connectivity index (χ1n) is 10.0. The molecule has 1 aliphatic heterocycles. The van der Waals surface area contributed by atoms with Gasteiger partial charge in [0, 0.05) is 31.7 Å². The van der Waals surface area contributed by atoms with Gasteiger partial charge in [0.1, 0.15) is 5.82 Å². The van der Waals surface area contributed by atoms with Crippen molar-refractivity contribution in [3.8, 4) is 0 Å². The highest BCUT2D eigenvalue weighted by Crippen LogP contribution is 2.34. The quantitative estimate of drug-likeness (QED) is 0.340. The summed E-state index contributed by atoms with van der Waals surface area (Å²) in [6.07, 6.45) is 1.81. The number of halogens is 2. The van der Waals surface area contributed by atoms with E-state index in [1.165, 1.54) is 11.1 Å². The van der Waals surface area contributed by atoms with E-state index in [1.54, 1.807) is 12.1 Å². The van der Waals surface area contributed by atoms with E-state index >= 15 is 0 Å². The van der Waals surface area contributed by atoms with Gasteiger partial charge >= 0.3 is 0 Å². The molecule has 4 nitrogen and oxygen atoms in total. The van der Waals surface area contributed by atoms with E-state index in [0.29, 0.717) is 6.54 Å². The number of rotatable bonds is 6. The molecule has 29 heavy (non-hydrogen) atoms. The molecule has 0 unspecified atom stereocenters. The molecule has 1 saturated heterocycles. The van der Waals surface area contributed by atoms with E-state index in [2.05, 4.69) is 36.6 Å². The Morgan fingerprint density at radius 1 is 1.07 bits per heavy atom. The van der Waals surface area contributed by atoms with Gasteiger partial charge in [0.25, 0.3) is 0 Å². The molecule has 0 radical (unpaired) electrons. The second-order valence-corrected chi connectivity index (χ2v) is 7.37. The second kappa shape index (κ2) is 11.5. The molecule has 158 valence electrons. The molecule has 1 fully saturated rings. The van der Waals surface area contributed by atoms with Crippen LogP contribution >= 0.6 is 24.0 Å². The topological polar surface area (TPSA) is 45.7 Å². The standard InChI is InChI=1S/C23H30FN3O.HI/c1-3-25-22(26-16-19-7-5-4-6-18(19)2)27-17-23(12-14-28-15-13-23)20-8-10-21(24)11-9-20;/h4-11H,3,12-17H2,1-2H3,(H2,25,26,27);1H. The van der Waals surface area contributed by atoms with Gasteiger partial charge in [-0.2, -0.15) is 0 Å². The minimum absolute atomic E-state index is 0. The largest absolute Gasteiger partial charge is 0.381 e. The van der Waals surface area contributed by atoms with Crippen LogP contribution in [0.25, 0.3) is 0 Å². The van der Waals surface area contributed by atoms with Gasteiger partial charge in [-0.3, -0.25) is 0 Å². The lowest BCUT2D eigenvalue weighted by atomic mass is 9.74. The van der Waals surface area contributed by atoms with E-state index in [0.717, 1.165) is 50.7 Å². The van der Waals surface area contributed by atoms with E-state index in [1.807, 2.05) is 24.3 Å². The number of aliphatic imine (C=N–C) groups is 1. The molecule has 0 bridgehead atoms. The Hall–Kier alpha value is -1.67. The lowest BCUT2D eigenvalue weighted by Crippen LogP contribution is -2.48. The van der Waals surface area contributed by atoms with Crippen LogP contribution in [-0.4, -0.2) is 32.3 Å². The molecular weight excluding hydrogens is 480 g/mol. The molecular formula is C23H31FIN3O. The summed E-state index contributed by atoms with van der Waals surface area (Å²) in [5.41, 5.74) is 3.54. The number of hydrogen-bond acceptors (Lipinski definition) is 2. The SMILES string of the molecule is CCNC(=NCc1ccccc1C)NCC1(c2ccc(F)cc2)CCOCC1.I. The van der Waals surface area contributed by atoms with Crippen molar-refractivity contribution >= 4 is 29.9 Å². The molecule has 0 spiro atoms. The molecule has 0 saturated carbocycles. The second-order valence-electron chi connectivity index (χ2n) is 7.37. The van der Waals surface area contributed by atoms with Crippen LogP contribution in [-0.2, 0) is 16.7 Å². The lowest BCUT2D eigenvalue weighted by Gasteiger charge is -2.38. The van der Waals surface area contributed by atoms with Crippen molar-refractivity contribution in [1.29, 1.82) is 0 Å². The first kappa shape index (κ1) is 23.6. The smallest absolute Gasteiger partial charge is 0.191 e. The Balaban J connectivity index is 0.00000300. The molecule has 0 atom stereocenters. The van der Waals surface area contributed by atoms with Crippen LogP contribution in [0, 0.1) is 12.7 Å². The summed E-state index contributed by atoms with van der Waals surface area (Å²) in [6.45, 7) is 7.78. The van der Waals surface area contributed by atoms with E-state index < -0.39 is 0 Å². The molecule has 3 rings (SSSR count). The third kappa shape index (κ3) is 6.40. The van der Waals surface area contributed by atoms with Crippen molar-refractivity contribution in [3.05, 3.63) is 71.0 Å². The van der Waals surface area contributed by atoms with Crippen LogP contribution in [0.5, 0.6) is 0 Å². The van der Waals surface area contributed by atoms with Gasteiger partial charge in [-0.15, -0.1) is 24.0 Å². The molecule has 2 aromatic rings. The minimum Gasteiger partial charge on any atom is -0.381 e. The van der Waals surface area contributed by atoms with Crippen LogP contribution < -0.4 is 10.6 Å². The number of nitrogens with zero attached hydrogens (tertiary/aromatic N) is 1. The van der Waals surface area contributed by atoms with Gasteiger partial charge in [0.05, 0.1) is 6.54 Å². The Kier molecular flexibility index (Phi) is 9.36. The predicted molar refractivity (Wildman–Crippen MR) is 128 cm³/mol. The van der Waals surface area contributed by atoms with Gasteiger partial charge in [-0.05, 0) is 55.5 Å². The molecule has 1 heterocycles. The highest BCUT2D eigenvalue weighted by atomic mass is 127. The maximum atomic E-state index is 13.4. The van der Waals surface area contributed by atoms with Gasteiger partial charge in [-0.25, -0.2) is 9.38 Å². The van der Waals surface area contributed by atoms with Gasteiger partial charge in [0.15, 0.2) is 5.96 Å². The van der Waals surface area contributed by atoms with Crippen molar-refractivity contribution in [2.75, 3.05) is 26.3 Å². The van der Waals surface area contributed by atoms with Crippen molar-refractivity contribution in [2.45, 2.75) is 38.6 Å². The van der Waals surface area contributed by atoms with Crippen LogP contribution in [0.4, 0.5) is 4.39 Å². The van der Waals surface area contributed by atoms with Gasteiger partial charge in [-0.1, -0.05) is 36.4 Å². The molecule has 0 aromatic heterocycles. The van der Waals surface area contributed by atoms with Gasteiger partial charge < -0.3 is 15.4 Å². The minimum atomic E-state index is -0.202. The summed E-state index contributed by atoms with van der Waals surface area (Å²) in [5, 5.41) is 6.86. The van der Waals surface area contributed by atoms with Crippen molar-refractivity contribution in [2.24, 2.45) is 4.99 Å². The number of hydrogen-bond donors (Lipinski definition) is 2. The van der Waals surface area contributed by atoms with Crippen molar-refractivity contribution < 1.29 is 9.13 Å². The number of benzene rings is 2. The zero-order chi connectivity index (χ0) is 19.8. The Labute approximate surface area is 190 Å². The number of guanidine groups is 1. The zero-order valence-electron chi connectivity index (χ0n) is 17.2. The monoisotopic (exact) mass is 511 g/mol. The van der Waals surface area contributed by atoms with E-state index in [-0.39, 0.29) is 35.2 Å². The van der Waals surface area contributed by atoms with Crippen molar-refractivity contribution in [3.63, 3.8) is 0 Å². The molecule has 2 N–H and O–H groups in total. The summed E-state index contributed by atoms with van der Waals surface area (Å²) < 4.78 is 19.0. The third-order valence-corrected chi connectivity index (χ3v) is 5.51. The number of nitrogens with one attached hydrogen (secondary N) is 2. The van der Waals surface area contributed by atoms with Crippen molar-refractivity contribution in [1.82, 2.24) is 10.6 Å². The average Bonchev–Trinajstić information content (AvgIpc) is 2.72. The first-order valence-corrected chi connectivity index (χ1v) is 10.0. The molecule has 2 aromatic carbocycles. The number of aryl methyl sites for hydroxylation is 1. The van der Waals surface area contributed by atoms with Crippen LogP contribution in [0.3, 0.4) is 0 Å². The Morgan fingerprint density at radius 3 is 2.41 bits per heavy atom. The highest BCUT2D eigenvalue weighted by molar-refractivity contribution is 14.0. The Bertz CT molecular complexity index is 789. The predicted octanol–water partition coefficient (Wildman–Crippen LogP) is 4.56. The van der Waals surface area contributed by atoms with Gasteiger partial charge in [0.2, 0.25) is 0 Å².